The van der Waals surface area contributed by atoms with Crippen molar-refractivity contribution in [3.8, 4) is 0 Å². The summed E-state index contributed by atoms with van der Waals surface area (Å²) in [6.45, 7) is 4.37. The van der Waals surface area contributed by atoms with E-state index < -0.39 is 9.84 Å². The molecule has 0 radical (unpaired) electrons. The third kappa shape index (κ3) is 4.26. The Balaban J connectivity index is 1.77. The fourth-order valence-corrected chi connectivity index (χ4v) is 3.62. The molecule has 0 amide bonds. The maximum absolute atomic E-state index is 11.3. The second-order valence-corrected chi connectivity index (χ2v) is 8.59. The number of nitrogens with two attached hydrogens (primary N) is 1. The van der Waals surface area contributed by atoms with Crippen LogP contribution in [0.4, 0.5) is 11.8 Å². The van der Waals surface area contributed by atoms with Crippen molar-refractivity contribution in [3.63, 3.8) is 0 Å². The van der Waals surface area contributed by atoms with Gasteiger partial charge in [-0.05, 0) is 36.6 Å². The zero-order valence-electron chi connectivity index (χ0n) is 14.9. The van der Waals surface area contributed by atoms with Gasteiger partial charge in [-0.2, -0.15) is 9.97 Å². The van der Waals surface area contributed by atoms with Crippen molar-refractivity contribution in [1.82, 2.24) is 15.0 Å². The van der Waals surface area contributed by atoms with E-state index >= 15 is 0 Å². The molecule has 0 spiro atoms. The van der Waals surface area contributed by atoms with Crippen molar-refractivity contribution >= 4 is 32.6 Å². The van der Waals surface area contributed by atoms with Gasteiger partial charge in [0.25, 0.3) is 0 Å². The molecule has 0 atom stereocenters. The molecule has 3 aromatic rings. The Bertz CT molecular complexity index is 1060. The normalized spacial score (nSPS) is 11.7. The van der Waals surface area contributed by atoms with E-state index in [2.05, 4.69) is 20.3 Å². The smallest absolute Gasteiger partial charge is 0.226 e. The number of nitrogens with zero attached hydrogens (tertiary/aromatic N) is 3. The van der Waals surface area contributed by atoms with Crippen LogP contribution in [0, 0.1) is 13.8 Å². The van der Waals surface area contributed by atoms with Crippen LogP contribution in [-0.4, -0.2) is 29.6 Å². The predicted octanol–water partition coefficient (Wildman–Crippen LogP) is 2.38. The number of fused-ring (bicyclic) bond motifs is 1. The van der Waals surface area contributed by atoms with Gasteiger partial charge < -0.3 is 11.1 Å². The highest BCUT2D eigenvalue weighted by molar-refractivity contribution is 7.89. The molecule has 0 bridgehead atoms. The third-order valence-corrected chi connectivity index (χ3v) is 4.78. The summed E-state index contributed by atoms with van der Waals surface area (Å²) >= 11 is 0. The second kappa shape index (κ2) is 6.87. The van der Waals surface area contributed by atoms with Crippen LogP contribution in [0.25, 0.3) is 11.0 Å². The molecule has 8 heteroatoms. The van der Waals surface area contributed by atoms with Crippen LogP contribution < -0.4 is 11.1 Å². The number of nitrogen functional groups attached to an aromatic ring is 1. The average molecular weight is 371 g/mol. The predicted molar refractivity (Wildman–Crippen MR) is 104 cm³/mol. The highest BCUT2D eigenvalue weighted by atomic mass is 32.2. The number of anilines is 2. The largest absolute Gasteiger partial charge is 0.383 e. The summed E-state index contributed by atoms with van der Waals surface area (Å²) in [6.07, 6.45) is 1.22. The number of aromatic nitrogens is 3. The van der Waals surface area contributed by atoms with E-state index in [9.17, 15) is 8.42 Å². The van der Waals surface area contributed by atoms with E-state index in [4.69, 9.17) is 5.73 Å². The van der Waals surface area contributed by atoms with Crippen molar-refractivity contribution in [2.24, 2.45) is 0 Å². The highest BCUT2D eigenvalue weighted by Gasteiger charge is 2.10. The van der Waals surface area contributed by atoms with E-state index in [1.165, 1.54) is 6.26 Å². The third-order valence-electron chi connectivity index (χ3n) is 3.92. The van der Waals surface area contributed by atoms with Gasteiger partial charge in [-0.15, -0.1) is 0 Å². The molecule has 0 fully saturated rings. The fraction of sp³-hybridized carbons (Fsp3) is 0.278. The SMILES string of the molecule is Cc1cc(C)c2c(N)nc(NCc3ccc(CS(C)(=O)=O)cc3)nc2n1. The first-order valence-electron chi connectivity index (χ1n) is 8.12. The van der Waals surface area contributed by atoms with Gasteiger partial charge in [0, 0.05) is 18.5 Å². The van der Waals surface area contributed by atoms with Gasteiger partial charge in [0.2, 0.25) is 5.95 Å². The summed E-state index contributed by atoms with van der Waals surface area (Å²) < 4.78 is 22.7. The molecule has 0 unspecified atom stereocenters. The van der Waals surface area contributed by atoms with Crippen LogP contribution in [0.3, 0.4) is 0 Å². The van der Waals surface area contributed by atoms with E-state index in [0.717, 1.165) is 27.8 Å². The minimum absolute atomic E-state index is 0.0371. The lowest BCUT2D eigenvalue weighted by Crippen LogP contribution is -2.07. The van der Waals surface area contributed by atoms with E-state index in [1.54, 1.807) is 0 Å². The summed E-state index contributed by atoms with van der Waals surface area (Å²) in [7, 11) is -3.03. The maximum Gasteiger partial charge on any atom is 0.226 e. The van der Waals surface area contributed by atoms with Gasteiger partial charge in [0.15, 0.2) is 15.5 Å². The molecule has 7 nitrogen and oxygen atoms in total. The molecule has 0 aliphatic heterocycles. The van der Waals surface area contributed by atoms with Crippen molar-refractivity contribution in [3.05, 3.63) is 52.7 Å². The van der Waals surface area contributed by atoms with Crippen LogP contribution >= 0.6 is 0 Å². The number of hydrogen-bond donors (Lipinski definition) is 2. The Morgan fingerprint density at radius 1 is 1.04 bits per heavy atom. The standard InChI is InChI=1S/C18H21N5O2S/c1-11-8-12(2)21-17-15(11)16(19)22-18(23-17)20-9-13-4-6-14(7-5-13)10-26(3,24)25/h4-8H,9-10H2,1-3H3,(H3,19,20,21,22,23). The van der Waals surface area contributed by atoms with E-state index in [0.29, 0.717) is 24.0 Å². The highest BCUT2D eigenvalue weighted by Crippen LogP contribution is 2.22. The first-order valence-corrected chi connectivity index (χ1v) is 10.2. The van der Waals surface area contributed by atoms with Gasteiger partial charge in [-0.25, -0.2) is 13.4 Å². The van der Waals surface area contributed by atoms with Crippen LogP contribution in [0.5, 0.6) is 0 Å². The Hall–Kier alpha value is -2.74. The summed E-state index contributed by atoms with van der Waals surface area (Å²) in [5, 5.41) is 3.91. The second-order valence-electron chi connectivity index (χ2n) is 6.45. The van der Waals surface area contributed by atoms with Crippen molar-refractivity contribution < 1.29 is 8.42 Å². The van der Waals surface area contributed by atoms with Gasteiger partial charge in [0.05, 0.1) is 11.1 Å². The number of pyridine rings is 1. The molecular weight excluding hydrogens is 350 g/mol. The first-order chi connectivity index (χ1) is 12.2. The molecule has 3 N–H and O–H groups in total. The molecular formula is C18H21N5O2S. The number of sulfone groups is 1. The van der Waals surface area contributed by atoms with E-state index in [-0.39, 0.29) is 5.75 Å². The lowest BCUT2D eigenvalue weighted by molar-refractivity contribution is 0.601. The Kier molecular flexibility index (Phi) is 4.78. The molecule has 0 aliphatic carbocycles. The molecule has 2 heterocycles. The lowest BCUT2D eigenvalue weighted by atomic mass is 10.1. The minimum Gasteiger partial charge on any atom is -0.383 e. The number of hydrogen-bond acceptors (Lipinski definition) is 7. The monoisotopic (exact) mass is 371 g/mol. The molecule has 26 heavy (non-hydrogen) atoms. The molecule has 136 valence electrons. The molecule has 2 aromatic heterocycles. The molecule has 0 aliphatic rings. The topological polar surface area (TPSA) is 111 Å². The van der Waals surface area contributed by atoms with Crippen LogP contribution in [0.15, 0.2) is 30.3 Å². The number of rotatable bonds is 5. The summed E-state index contributed by atoms with van der Waals surface area (Å²) in [5.74, 6) is 0.841. The Morgan fingerprint density at radius 2 is 1.69 bits per heavy atom. The summed E-state index contributed by atoms with van der Waals surface area (Å²) in [4.78, 5) is 13.2. The lowest BCUT2D eigenvalue weighted by Gasteiger charge is -2.10. The Labute approximate surface area is 152 Å². The molecule has 0 saturated carbocycles. The number of benzene rings is 1. The van der Waals surface area contributed by atoms with Crippen LogP contribution in [0.2, 0.25) is 0 Å². The summed E-state index contributed by atoms with van der Waals surface area (Å²) in [5.41, 5.74) is 10.3. The van der Waals surface area contributed by atoms with Crippen LogP contribution in [-0.2, 0) is 22.1 Å². The van der Waals surface area contributed by atoms with Gasteiger partial charge >= 0.3 is 0 Å². The van der Waals surface area contributed by atoms with Crippen molar-refractivity contribution in [1.29, 1.82) is 0 Å². The van der Waals surface area contributed by atoms with E-state index in [1.807, 2.05) is 44.2 Å². The van der Waals surface area contributed by atoms with Crippen LogP contribution in [0.1, 0.15) is 22.4 Å². The number of aryl methyl sites for hydroxylation is 2. The average Bonchev–Trinajstić information content (AvgIpc) is 2.51. The Morgan fingerprint density at radius 3 is 2.35 bits per heavy atom. The minimum atomic E-state index is -3.03. The molecule has 1 aromatic carbocycles. The number of nitrogens with one attached hydrogen (secondary N) is 1. The first kappa shape index (κ1) is 18.1. The zero-order valence-corrected chi connectivity index (χ0v) is 15.8. The fourth-order valence-electron chi connectivity index (χ4n) is 2.83. The zero-order chi connectivity index (χ0) is 18.9. The molecule has 3 rings (SSSR count). The quantitative estimate of drug-likeness (QED) is 0.708. The van der Waals surface area contributed by atoms with Gasteiger partial charge in [-0.3, -0.25) is 0 Å². The van der Waals surface area contributed by atoms with Gasteiger partial charge in [-0.1, -0.05) is 24.3 Å². The molecule has 0 saturated heterocycles. The van der Waals surface area contributed by atoms with Crippen molar-refractivity contribution in [2.45, 2.75) is 26.1 Å². The summed E-state index contributed by atoms with van der Waals surface area (Å²) in [6, 6.07) is 9.33. The maximum atomic E-state index is 11.3. The van der Waals surface area contributed by atoms with Crippen molar-refractivity contribution in [2.75, 3.05) is 17.3 Å². The van der Waals surface area contributed by atoms with Gasteiger partial charge in [0.1, 0.15) is 5.82 Å².